The van der Waals surface area contributed by atoms with Crippen molar-refractivity contribution in [2.45, 2.75) is 18.8 Å². The van der Waals surface area contributed by atoms with Crippen LogP contribution in [-0.4, -0.2) is 34.1 Å². The molecule has 10 heteroatoms. The minimum atomic E-state index is -0.578. The number of piperidine rings is 1. The lowest BCUT2D eigenvalue weighted by Gasteiger charge is -2.19. The minimum absolute atomic E-state index is 0.000896. The fraction of sp³-hybridized carbons (Fsp3) is 0.227. The molecule has 0 spiro atoms. The van der Waals surface area contributed by atoms with E-state index in [9.17, 15) is 18.8 Å². The number of carbonyl (C=O) groups excluding carboxylic acids is 3. The van der Waals surface area contributed by atoms with Crippen molar-refractivity contribution in [1.29, 1.82) is 5.26 Å². The zero-order valence-corrected chi connectivity index (χ0v) is 17.0. The molecule has 162 valence electrons. The van der Waals surface area contributed by atoms with Gasteiger partial charge in [0, 0.05) is 18.9 Å². The highest BCUT2D eigenvalue weighted by Gasteiger charge is 2.32. The number of ether oxygens (including phenoxy) is 1. The second kappa shape index (κ2) is 8.47. The molecular formula is C22H18FN5O4. The van der Waals surface area contributed by atoms with Crippen LogP contribution in [0.5, 0.6) is 5.75 Å². The molecule has 0 radical (unpaired) electrons. The Morgan fingerprint density at radius 1 is 1.38 bits per heavy atom. The summed E-state index contributed by atoms with van der Waals surface area (Å²) in [6.07, 6.45) is 0.599. The average molecular weight is 435 g/mol. The molecule has 1 saturated heterocycles. The first-order valence-electron chi connectivity index (χ1n) is 9.79. The van der Waals surface area contributed by atoms with Crippen molar-refractivity contribution in [3.63, 3.8) is 0 Å². The van der Waals surface area contributed by atoms with Gasteiger partial charge in [0.2, 0.25) is 11.8 Å². The molecule has 2 aromatic carbocycles. The van der Waals surface area contributed by atoms with Crippen LogP contribution in [0.1, 0.15) is 30.0 Å². The predicted molar refractivity (Wildman–Crippen MR) is 111 cm³/mol. The lowest BCUT2D eigenvalue weighted by molar-refractivity contribution is -0.134. The summed E-state index contributed by atoms with van der Waals surface area (Å²) in [5.41, 5.74) is 1.31. The molecule has 0 saturated carbocycles. The van der Waals surface area contributed by atoms with Crippen LogP contribution >= 0.6 is 0 Å². The number of hydrogen-bond donors (Lipinski definition) is 2. The van der Waals surface area contributed by atoms with E-state index in [1.807, 2.05) is 6.07 Å². The van der Waals surface area contributed by atoms with Crippen molar-refractivity contribution >= 4 is 34.3 Å². The number of para-hydroxylation sites is 1. The Kier molecular flexibility index (Phi) is 5.55. The van der Waals surface area contributed by atoms with Crippen LogP contribution < -0.4 is 15.4 Å². The predicted octanol–water partition coefficient (Wildman–Crippen LogP) is 2.12. The topological polar surface area (TPSA) is 126 Å². The van der Waals surface area contributed by atoms with E-state index in [1.165, 1.54) is 6.07 Å². The molecule has 0 aliphatic carbocycles. The highest BCUT2D eigenvalue weighted by atomic mass is 19.1. The largest absolute Gasteiger partial charge is 0.481 e. The van der Waals surface area contributed by atoms with Crippen molar-refractivity contribution in [2.24, 2.45) is 7.05 Å². The number of rotatable bonds is 5. The zero-order valence-electron chi connectivity index (χ0n) is 17.0. The number of amides is 3. The number of carbonyl (C=O) groups is 3. The van der Waals surface area contributed by atoms with E-state index in [4.69, 9.17) is 10.00 Å². The fourth-order valence-corrected chi connectivity index (χ4v) is 3.70. The third-order valence-corrected chi connectivity index (χ3v) is 5.16. The van der Waals surface area contributed by atoms with Gasteiger partial charge in [-0.1, -0.05) is 12.1 Å². The average Bonchev–Trinajstić information content (AvgIpc) is 3.10. The van der Waals surface area contributed by atoms with E-state index in [1.54, 1.807) is 29.9 Å². The summed E-state index contributed by atoms with van der Waals surface area (Å²) in [4.78, 5) is 36.1. The van der Waals surface area contributed by atoms with Gasteiger partial charge in [0.05, 0.1) is 22.9 Å². The van der Waals surface area contributed by atoms with Crippen molar-refractivity contribution in [1.82, 2.24) is 15.1 Å². The van der Waals surface area contributed by atoms with E-state index < -0.39 is 17.6 Å². The van der Waals surface area contributed by atoms with Crippen molar-refractivity contribution in [2.75, 3.05) is 11.9 Å². The Hall–Kier alpha value is -4.26. The lowest BCUT2D eigenvalue weighted by atomic mass is 9.93. The Bertz CT molecular complexity index is 1290. The molecule has 9 nitrogen and oxygen atoms in total. The zero-order chi connectivity index (χ0) is 22.8. The number of benzene rings is 2. The van der Waals surface area contributed by atoms with E-state index in [-0.39, 0.29) is 36.1 Å². The smallest absolute Gasteiger partial charge is 0.262 e. The van der Waals surface area contributed by atoms with Gasteiger partial charge in [0.25, 0.3) is 5.91 Å². The molecule has 2 heterocycles. The first kappa shape index (κ1) is 21.0. The molecule has 32 heavy (non-hydrogen) atoms. The molecular weight excluding hydrogens is 417 g/mol. The number of fused-ring (bicyclic) bond motifs is 1. The van der Waals surface area contributed by atoms with Gasteiger partial charge in [-0.05, 0) is 30.7 Å². The van der Waals surface area contributed by atoms with Gasteiger partial charge in [0.1, 0.15) is 23.2 Å². The normalized spacial score (nSPS) is 15.8. The summed E-state index contributed by atoms with van der Waals surface area (Å²) in [6.45, 7) is -0.361. The van der Waals surface area contributed by atoms with E-state index in [0.717, 1.165) is 12.1 Å². The highest BCUT2D eigenvalue weighted by molar-refractivity contribution is 6.03. The van der Waals surface area contributed by atoms with Crippen LogP contribution in [0.15, 0.2) is 36.4 Å². The molecule has 3 aromatic rings. The first-order chi connectivity index (χ1) is 15.4. The fourth-order valence-electron chi connectivity index (χ4n) is 3.70. The Morgan fingerprint density at radius 2 is 2.19 bits per heavy atom. The van der Waals surface area contributed by atoms with Gasteiger partial charge in [0.15, 0.2) is 6.61 Å². The van der Waals surface area contributed by atoms with Crippen LogP contribution in [0.25, 0.3) is 10.9 Å². The summed E-state index contributed by atoms with van der Waals surface area (Å²) in [5.74, 6) is -1.98. The maximum absolute atomic E-state index is 13.3. The second-order valence-electron chi connectivity index (χ2n) is 7.30. The Labute approximate surface area is 181 Å². The number of nitrogens with one attached hydrogen (secondary N) is 2. The lowest BCUT2D eigenvalue weighted by Crippen LogP contribution is -2.39. The number of halogens is 1. The molecule has 1 aliphatic heterocycles. The molecule has 0 bridgehead atoms. The standard InChI is InChI=1S/C22H18FN5O4/c1-28-21-14(20(27-28)15-6-8-18(29)26-22(15)31)3-2-4-17(21)32-11-19(30)25-16-7-5-13(23)9-12(16)10-24/h2-5,7,9,15H,6,8,11H2,1H3,(H,25,30)(H,26,29,31). The van der Waals surface area contributed by atoms with E-state index in [2.05, 4.69) is 15.7 Å². The van der Waals surface area contributed by atoms with Gasteiger partial charge in [-0.3, -0.25) is 24.4 Å². The highest BCUT2D eigenvalue weighted by Crippen LogP contribution is 2.34. The number of anilines is 1. The maximum atomic E-state index is 13.3. The molecule has 1 atom stereocenters. The molecule has 1 fully saturated rings. The molecule has 3 amide bonds. The number of nitriles is 1. The monoisotopic (exact) mass is 435 g/mol. The van der Waals surface area contributed by atoms with Crippen molar-refractivity contribution in [3.8, 4) is 11.8 Å². The summed E-state index contributed by atoms with van der Waals surface area (Å²) < 4.78 is 20.5. The van der Waals surface area contributed by atoms with Gasteiger partial charge < -0.3 is 10.1 Å². The summed E-state index contributed by atoms with van der Waals surface area (Å²) in [7, 11) is 1.70. The molecule has 1 unspecified atom stereocenters. The van der Waals surface area contributed by atoms with Crippen molar-refractivity contribution < 1.29 is 23.5 Å². The molecule has 1 aliphatic rings. The van der Waals surface area contributed by atoms with Crippen LogP contribution in [0.2, 0.25) is 0 Å². The minimum Gasteiger partial charge on any atom is -0.481 e. The third-order valence-electron chi connectivity index (χ3n) is 5.16. The third kappa shape index (κ3) is 4.00. The van der Waals surface area contributed by atoms with Crippen LogP contribution in [0, 0.1) is 17.1 Å². The number of nitrogens with zero attached hydrogens (tertiary/aromatic N) is 3. The second-order valence-corrected chi connectivity index (χ2v) is 7.30. The van der Waals surface area contributed by atoms with Gasteiger partial charge in [-0.25, -0.2) is 4.39 Å². The van der Waals surface area contributed by atoms with Crippen LogP contribution in [0.3, 0.4) is 0 Å². The molecule has 1 aromatic heterocycles. The number of hydrogen-bond acceptors (Lipinski definition) is 6. The van der Waals surface area contributed by atoms with Gasteiger partial charge in [-0.15, -0.1) is 0 Å². The van der Waals surface area contributed by atoms with Gasteiger partial charge >= 0.3 is 0 Å². The summed E-state index contributed by atoms with van der Waals surface area (Å²) >= 11 is 0. The van der Waals surface area contributed by atoms with Crippen molar-refractivity contribution in [3.05, 3.63) is 53.5 Å². The number of imide groups is 1. The maximum Gasteiger partial charge on any atom is 0.262 e. The molecule has 2 N–H and O–H groups in total. The Balaban J connectivity index is 1.54. The summed E-state index contributed by atoms with van der Waals surface area (Å²) in [6, 6.07) is 10.5. The van der Waals surface area contributed by atoms with E-state index in [0.29, 0.717) is 28.8 Å². The SMILES string of the molecule is Cn1nc(C2CCC(=O)NC2=O)c2cccc(OCC(=O)Nc3ccc(F)cc3C#N)c21. The van der Waals surface area contributed by atoms with Gasteiger partial charge in [-0.2, -0.15) is 10.4 Å². The molecule has 4 rings (SSSR count). The first-order valence-corrected chi connectivity index (χ1v) is 9.79. The van der Waals surface area contributed by atoms with Crippen LogP contribution in [-0.2, 0) is 21.4 Å². The number of aromatic nitrogens is 2. The van der Waals surface area contributed by atoms with E-state index >= 15 is 0 Å². The summed E-state index contributed by atoms with van der Waals surface area (Å²) in [5, 5.41) is 19.1. The number of aryl methyl sites for hydroxylation is 1. The quantitative estimate of drug-likeness (QED) is 0.591. The van der Waals surface area contributed by atoms with Crippen LogP contribution in [0.4, 0.5) is 10.1 Å². The Morgan fingerprint density at radius 3 is 2.94 bits per heavy atom.